The average Bonchev–Trinajstić information content (AvgIpc) is 2.78. The van der Waals surface area contributed by atoms with Gasteiger partial charge in [-0.25, -0.2) is 4.68 Å². The van der Waals surface area contributed by atoms with E-state index in [-0.39, 0.29) is 5.54 Å². The normalized spacial score (nSPS) is 11.7. The summed E-state index contributed by atoms with van der Waals surface area (Å²) in [5.41, 5.74) is 7.04. The highest BCUT2D eigenvalue weighted by Gasteiger charge is 2.25. The summed E-state index contributed by atoms with van der Waals surface area (Å²) < 4.78 is 6.96. The Hall–Kier alpha value is -1.95. The van der Waals surface area contributed by atoms with Gasteiger partial charge in [-0.15, -0.1) is 5.10 Å². The first-order valence-electron chi connectivity index (χ1n) is 5.68. The van der Waals surface area contributed by atoms with E-state index in [9.17, 15) is 0 Å². The highest BCUT2D eigenvalue weighted by Crippen LogP contribution is 2.24. The minimum atomic E-state index is -0.321. The van der Waals surface area contributed by atoms with Gasteiger partial charge in [0.25, 0.3) is 0 Å². The van der Waals surface area contributed by atoms with Gasteiger partial charge < -0.3 is 10.5 Å². The Morgan fingerprint density at radius 2 is 2.17 bits per heavy atom. The quantitative estimate of drug-likeness (QED) is 0.824. The lowest BCUT2D eigenvalue weighted by Gasteiger charge is -2.24. The molecule has 0 amide bonds. The first-order valence-corrected chi connectivity index (χ1v) is 5.68. The molecule has 6 nitrogen and oxygen atoms in total. The van der Waals surface area contributed by atoms with Gasteiger partial charge in [0.15, 0.2) is 5.82 Å². The first-order chi connectivity index (χ1) is 8.54. The second-order valence-electron chi connectivity index (χ2n) is 4.79. The number of hydrogen-bond donors (Lipinski definition) is 1. The smallest absolute Gasteiger partial charge is 0.182 e. The molecular formula is C12H17N5O. The van der Waals surface area contributed by atoms with Crippen LogP contribution in [0.3, 0.4) is 0 Å². The van der Waals surface area contributed by atoms with Gasteiger partial charge in [-0.1, -0.05) is 12.1 Å². The molecule has 0 bridgehead atoms. The van der Waals surface area contributed by atoms with Gasteiger partial charge in [-0.3, -0.25) is 0 Å². The monoisotopic (exact) mass is 247 g/mol. The van der Waals surface area contributed by atoms with Crippen LogP contribution in [0.5, 0.6) is 0 Å². The summed E-state index contributed by atoms with van der Waals surface area (Å²) in [6, 6.07) is 7.50. The molecule has 0 aliphatic carbocycles. The number of tetrazole rings is 1. The molecule has 0 saturated carbocycles. The second-order valence-corrected chi connectivity index (χ2v) is 4.79. The van der Waals surface area contributed by atoms with Gasteiger partial charge in [0, 0.05) is 18.4 Å². The zero-order chi connectivity index (χ0) is 13.2. The van der Waals surface area contributed by atoms with Crippen molar-refractivity contribution in [2.45, 2.75) is 19.4 Å². The molecule has 2 N–H and O–H groups in total. The third-order valence-corrected chi connectivity index (χ3v) is 2.69. The predicted octanol–water partition coefficient (Wildman–Crippen LogP) is 1.30. The molecule has 0 radical (unpaired) electrons. The van der Waals surface area contributed by atoms with E-state index in [2.05, 4.69) is 15.5 Å². The maximum Gasteiger partial charge on any atom is 0.182 e. The zero-order valence-electron chi connectivity index (χ0n) is 10.8. The Bertz CT molecular complexity index is 535. The maximum atomic E-state index is 5.78. The van der Waals surface area contributed by atoms with Gasteiger partial charge in [0.1, 0.15) is 0 Å². The predicted molar refractivity (Wildman–Crippen MR) is 68.9 cm³/mol. The van der Waals surface area contributed by atoms with Crippen molar-refractivity contribution >= 4 is 5.69 Å². The molecule has 0 aliphatic heterocycles. The number of rotatable bonds is 4. The number of hydrogen-bond acceptors (Lipinski definition) is 5. The van der Waals surface area contributed by atoms with Crippen LogP contribution in [0.4, 0.5) is 5.69 Å². The van der Waals surface area contributed by atoms with E-state index in [1.807, 2.05) is 38.1 Å². The van der Waals surface area contributed by atoms with Crippen LogP contribution >= 0.6 is 0 Å². The summed E-state index contributed by atoms with van der Waals surface area (Å²) in [7, 11) is 1.66. The molecule has 18 heavy (non-hydrogen) atoms. The van der Waals surface area contributed by atoms with Gasteiger partial charge >= 0.3 is 0 Å². The Labute approximate surface area is 106 Å². The summed E-state index contributed by atoms with van der Waals surface area (Å²) in [6.45, 7) is 4.55. The fourth-order valence-electron chi connectivity index (χ4n) is 1.87. The van der Waals surface area contributed by atoms with Crippen LogP contribution in [0.25, 0.3) is 11.4 Å². The molecular weight excluding hydrogens is 230 g/mol. The molecule has 96 valence electrons. The minimum Gasteiger partial charge on any atom is -0.399 e. The van der Waals surface area contributed by atoms with Crippen molar-refractivity contribution in [2.75, 3.05) is 19.5 Å². The molecule has 0 aliphatic rings. The third-order valence-electron chi connectivity index (χ3n) is 2.69. The summed E-state index contributed by atoms with van der Waals surface area (Å²) in [6.07, 6.45) is 0. The molecule has 0 unspecified atom stereocenters. The molecule has 0 saturated heterocycles. The van der Waals surface area contributed by atoms with Crippen LogP contribution in [0.15, 0.2) is 24.3 Å². The summed E-state index contributed by atoms with van der Waals surface area (Å²) in [5.74, 6) is 0.685. The molecule has 1 heterocycles. The number of nitrogen functional groups attached to an aromatic ring is 1. The maximum absolute atomic E-state index is 5.78. The molecule has 2 rings (SSSR count). The van der Waals surface area contributed by atoms with Crippen LogP contribution in [-0.2, 0) is 10.3 Å². The second kappa shape index (κ2) is 4.73. The lowest BCUT2D eigenvalue weighted by Crippen LogP contribution is -2.33. The number of ether oxygens (including phenoxy) is 1. The summed E-state index contributed by atoms with van der Waals surface area (Å²) >= 11 is 0. The minimum absolute atomic E-state index is 0.321. The average molecular weight is 247 g/mol. The van der Waals surface area contributed by atoms with Crippen LogP contribution < -0.4 is 5.73 Å². The largest absolute Gasteiger partial charge is 0.399 e. The van der Waals surface area contributed by atoms with Gasteiger partial charge in [0.2, 0.25) is 0 Å². The van der Waals surface area contributed by atoms with Crippen LogP contribution in [0, 0.1) is 0 Å². The van der Waals surface area contributed by atoms with Crippen molar-refractivity contribution in [1.82, 2.24) is 20.2 Å². The number of aromatic nitrogens is 4. The van der Waals surface area contributed by atoms with E-state index >= 15 is 0 Å². The first kappa shape index (κ1) is 12.5. The Balaban J connectivity index is 2.45. The van der Waals surface area contributed by atoms with E-state index in [1.165, 1.54) is 0 Å². The fourth-order valence-corrected chi connectivity index (χ4v) is 1.87. The highest BCUT2D eigenvalue weighted by atomic mass is 16.5. The van der Waals surface area contributed by atoms with Crippen molar-refractivity contribution in [3.63, 3.8) is 0 Å². The topological polar surface area (TPSA) is 78.8 Å². The molecule has 0 fully saturated rings. The zero-order valence-corrected chi connectivity index (χ0v) is 10.8. The van der Waals surface area contributed by atoms with Gasteiger partial charge in [-0.05, 0) is 36.4 Å². The van der Waals surface area contributed by atoms with Crippen molar-refractivity contribution in [3.05, 3.63) is 24.3 Å². The third kappa shape index (κ3) is 2.33. The van der Waals surface area contributed by atoms with Crippen molar-refractivity contribution in [1.29, 1.82) is 0 Å². The molecule has 1 aromatic carbocycles. The number of benzene rings is 1. The SMILES string of the molecule is COCC(C)(C)n1nnnc1-c1cccc(N)c1. The number of methoxy groups -OCH3 is 1. The Kier molecular flexibility index (Phi) is 3.29. The highest BCUT2D eigenvalue weighted by molar-refractivity contribution is 5.60. The Morgan fingerprint density at radius 3 is 2.83 bits per heavy atom. The summed E-state index contributed by atoms with van der Waals surface area (Å²) in [5, 5.41) is 11.9. The fraction of sp³-hybridized carbons (Fsp3) is 0.417. The Morgan fingerprint density at radius 1 is 1.39 bits per heavy atom. The van der Waals surface area contributed by atoms with Crippen LogP contribution in [-0.4, -0.2) is 33.9 Å². The molecule has 6 heteroatoms. The van der Waals surface area contributed by atoms with Gasteiger partial charge in [0.05, 0.1) is 12.1 Å². The molecule has 2 aromatic rings. The molecule has 1 aromatic heterocycles. The van der Waals surface area contributed by atoms with E-state index in [1.54, 1.807) is 11.8 Å². The van der Waals surface area contributed by atoms with Crippen LogP contribution in [0.2, 0.25) is 0 Å². The van der Waals surface area contributed by atoms with Crippen molar-refractivity contribution in [2.24, 2.45) is 0 Å². The molecule has 0 atom stereocenters. The number of anilines is 1. The standard InChI is InChI=1S/C12H17N5O/c1-12(2,8-18-3)17-11(14-15-16-17)9-5-4-6-10(13)7-9/h4-7H,8,13H2,1-3H3. The van der Waals surface area contributed by atoms with E-state index in [0.717, 1.165) is 5.56 Å². The lowest BCUT2D eigenvalue weighted by molar-refractivity contribution is 0.101. The molecule has 0 spiro atoms. The van der Waals surface area contributed by atoms with E-state index in [0.29, 0.717) is 18.1 Å². The summed E-state index contributed by atoms with van der Waals surface area (Å²) in [4.78, 5) is 0. The van der Waals surface area contributed by atoms with E-state index < -0.39 is 0 Å². The lowest BCUT2D eigenvalue weighted by atomic mass is 10.1. The van der Waals surface area contributed by atoms with Crippen molar-refractivity contribution < 1.29 is 4.74 Å². The van der Waals surface area contributed by atoms with E-state index in [4.69, 9.17) is 10.5 Å². The number of nitrogens with zero attached hydrogens (tertiary/aromatic N) is 4. The number of nitrogens with two attached hydrogens (primary N) is 1. The van der Waals surface area contributed by atoms with Crippen molar-refractivity contribution in [3.8, 4) is 11.4 Å². The van der Waals surface area contributed by atoms with Crippen LogP contribution in [0.1, 0.15) is 13.8 Å². The van der Waals surface area contributed by atoms with Gasteiger partial charge in [-0.2, -0.15) is 0 Å².